The number of ether oxygens (including phenoxy) is 1. The summed E-state index contributed by atoms with van der Waals surface area (Å²) in [7, 11) is 0. The van der Waals surface area contributed by atoms with Gasteiger partial charge in [0.25, 0.3) is 5.88 Å². The molecule has 1 heterocycles. The molecule has 0 unspecified atom stereocenters. The van der Waals surface area contributed by atoms with Gasteiger partial charge >= 0.3 is 5.69 Å². The van der Waals surface area contributed by atoms with Gasteiger partial charge in [-0.2, -0.15) is 0 Å². The van der Waals surface area contributed by atoms with E-state index < -0.39 is 4.92 Å². The normalized spacial score (nSPS) is 9.75. The minimum Gasteiger partial charge on any atom is -0.434 e. The highest BCUT2D eigenvalue weighted by Crippen LogP contribution is 2.27. The topological polar surface area (TPSA) is 65.3 Å². The van der Waals surface area contributed by atoms with E-state index in [1.807, 2.05) is 0 Å². The maximum atomic E-state index is 10.7. The van der Waals surface area contributed by atoms with Gasteiger partial charge in [0.05, 0.1) is 4.92 Å². The third-order valence-corrected chi connectivity index (χ3v) is 1.84. The van der Waals surface area contributed by atoms with Crippen molar-refractivity contribution in [1.82, 2.24) is 4.98 Å². The van der Waals surface area contributed by atoms with Crippen molar-refractivity contribution in [2.75, 3.05) is 0 Å². The van der Waals surface area contributed by atoms with E-state index in [4.69, 9.17) is 4.74 Å². The lowest BCUT2D eigenvalue weighted by atomic mass is 10.3. The van der Waals surface area contributed by atoms with Gasteiger partial charge in [0.15, 0.2) is 0 Å². The van der Waals surface area contributed by atoms with Gasteiger partial charge in [-0.3, -0.25) is 10.1 Å². The van der Waals surface area contributed by atoms with E-state index in [-0.39, 0.29) is 11.6 Å². The molecule has 0 amide bonds. The minimum absolute atomic E-state index is 0.0212. The molecule has 16 heavy (non-hydrogen) atoms. The molecule has 5 heteroatoms. The van der Waals surface area contributed by atoms with Crippen molar-refractivity contribution >= 4 is 5.69 Å². The van der Waals surface area contributed by atoms with Crippen LogP contribution in [0.3, 0.4) is 0 Å². The fraction of sp³-hybridized carbons (Fsp3) is 0. The second-order valence-electron chi connectivity index (χ2n) is 2.93. The zero-order valence-electron chi connectivity index (χ0n) is 8.16. The molecule has 0 aliphatic carbocycles. The van der Waals surface area contributed by atoms with Crippen LogP contribution in [-0.2, 0) is 0 Å². The number of benzene rings is 1. The summed E-state index contributed by atoms with van der Waals surface area (Å²) in [6.45, 7) is 0. The summed E-state index contributed by atoms with van der Waals surface area (Å²) in [6.07, 6.45) is 1.44. The Labute approximate surface area is 91.5 Å². The van der Waals surface area contributed by atoms with Gasteiger partial charge in [-0.25, -0.2) is 4.98 Å². The first-order chi connectivity index (χ1) is 7.77. The molecule has 2 rings (SSSR count). The Hall–Kier alpha value is -2.43. The molecule has 1 aromatic heterocycles. The van der Waals surface area contributed by atoms with Crippen molar-refractivity contribution < 1.29 is 9.66 Å². The van der Waals surface area contributed by atoms with Crippen molar-refractivity contribution in [2.24, 2.45) is 0 Å². The van der Waals surface area contributed by atoms with Gasteiger partial charge in [0, 0.05) is 12.3 Å². The maximum absolute atomic E-state index is 10.7. The van der Waals surface area contributed by atoms with Gasteiger partial charge in [-0.15, -0.1) is 0 Å². The molecular weight excluding hydrogens is 208 g/mol. The molecule has 79 valence electrons. The lowest BCUT2D eigenvalue weighted by molar-refractivity contribution is -0.386. The molecule has 0 aliphatic rings. The third-order valence-electron chi connectivity index (χ3n) is 1.84. The van der Waals surface area contributed by atoms with Crippen LogP contribution in [0.2, 0.25) is 0 Å². The molecule has 0 bridgehead atoms. The molecular formula is C11H7N2O3. The van der Waals surface area contributed by atoms with Gasteiger partial charge in [0.2, 0.25) is 0 Å². The van der Waals surface area contributed by atoms with Crippen molar-refractivity contribution in [2.45, 2.75) is 0 Å². The van der Waals surface area contributed by atoms with Crippen LogP contribution in [0.25, 0.3) is 0 Å². The van der Waals surface area contributed by atoms with Crippen molar-refractivity contribution in [3.8, 4) is 11.6 Å². The van der Waals surface area contributed by atoms with E-state index in [0.29, 0.717) is 5.75 Å². The average molecular weight is 215 g/mol. The van der Waals surface area contributed by atoms with Crippen LogP contribution in [0.5, 0.6) is 11.6 Å². The van der Waals surface area contributed by atoms with Crippen molar-refractivity contribution in [3.05, 3.63) is 58.8 Å². The molecule has 0 N–H and O–H groups in total. The van der Waals surface area contributed by atoms with Crippen molar-refractivity contribution in [1.29, 1.82) is 0 Å². The summed E-state index contributed by atoms with van der Waals surface area (Å²) < 4.78 is 5.29. The molecule has 0 saturated heterocycles. The molecule has 1 radical (unpaired) electrons. The number of hydrogen-bond acceptors (Lipinski definition) is 4. The van der Waals surface area contributed by atoms with Crippen LogP contribution in [0.15, 0.2) is 42.6 Å². The molecule has 5 nitrogen and oxygen atoms in total. The van der Waals surface area contributed by atoms with E-state index in [1.54, 1.807) is 24.3 Å². The summed E-state index contributed by atoms with van der Waals surface area (Å²) in [5.41, 5.74) is -0.161. The van der Waals surface area contributed by atoms with Gasteiger partial charge in [-0.05, 0) is 24.3 Å². The van der Waals surface area contributed by atoms with Gasteiger partial charge in [0.1, 0.15) is 5.75 Å². The van der Waals surface area contributed by atoms with E-state index in [1.165, 1.54) is 18.3 Å². The highest BCUT2D eigenvalue weighted by atomic mass is 16.6. The van der Waals surface area contributed by atoms with E-state index >= 15 is 0 Å². The van der Waals surface area contributed by atoms with E-state index in [9.17, 15) is 10.1 Å². The highest BCUT2D eigenvalue weighted by Gasteiger charge is 2.15. The predicted molar refractivity (Wildman–Crippen MR) is 56.2 cm³/mol. The fourth-order valence-corrected chi connectivity index (χ4v) is 1.15. The van der Waals surface area contributed by atoms with Crippen LogP contribution in [0, 0.1) is 16.2 Å². The Bertz CT molecular complexity index is 500. The number of aromatic nitrogens is 1. The largest absolute Gasteiger partial charge is 0.434 e. The molecule has 0 aliphatic heterocycles. The zero-order valence-corrected chi connectivity index (χ0v) is 8.16. The Kier molecular flexibility index (Phi) is 2.77. The lowest BCUT2D eigenvalue weighted by Gasteiger charge is -2.03. The third kappa shape index (κ3) is 2.14. The monoisotopic (exact) mass is 215 g/mol. The lowest BCUT2D eigenvalue weighted by Crippen LogP contribution is -1.95. The van der Waals surface area contributed by atoms with Gasteiger partial charge < -0.3 is 4.74 Å². The van der Waals surface area contributed by atoms with Crippen LogP contribution in [0.1, 0.15) is 0 Å². The Morgan fingerprint density at radius 3 is 2.94 bits per heavy atom. The van der Waals surface area contributed by atoms with Crippen LogP contribution in [-0.4, -0.2) is 9.91 Å². The number of hydrogen-bond donors (Lipinski definition) is 0. The first-order valence-electron chi connectivity index (χ1n) is 4.51. The van der Waals surface area contributed by atoms with E-state index in [0.717, 1.165) is 0 Å². The average Bonchev–Trinajstić information content (AvgIpc) is 2.31. The fourth-order valence-electron chi connectivity index (χ4n) is 1.15. The molecule has 0 spiro atoms. The van der Waals surface area contributed by atoms with Crippen LogP contribution >= 0.6 is 0 Å². The predicted octanol–water partition coefficient (Wildman–Crippen LogP) is 2.58. The molecule has 0 fully saturated rings. The maximum Gasteiger partial charge on any atom is 0.331 e. The molecule has 2 aromatic rings. The molecule has 1 aromatic carbocycles. The zero-order chi connectivity index (χ0) is 11.4. The second kappa shape index (κ2) is 4.39. The standard InChI is InChI=1S/C11H7N2O3/c14-13(15)10-7-4-8-12-11(10)16-9-5-2-1-3-6-9/h1-2,4-8H. The van der Waals surface area contributed by atoms with Crippen LogP contribution < -0.4 is 4.74 Å². The SMILES string of the molecule is O=[N+]([O-])c1cccnc1Oc1c[c]ccc1. The Morgan fingerprint density at radius 2 is 2.25 bits per heavy atom. The quantitative estimate of drug-likeness (QED) is 0.583. The van der Waals surface area contributed by atoms with Gasteiger partial charge in [-0.1, -0.05) is 12.1 Å². The second-order valence-corrected chi connectivity index (χ2v) is 2.93. The van der Waals surface area contributed by atoms with E-state index in [2.05, 4.69) is 11.1 Å². The molecule has 0 saturated carbocycles. The summed E-state index contributed by atoms with van der Waals surface area (Å²) in [4.78, 5) is 14.0. The highest BCUT2D eigenvalue weighted by molar-refractivity contribution is 5.42. The molecule has 0 atom stereocenters. The first kappa shape index (κ1) is 10.1. The first-order valence-corrected chi connectivity index (χ1v) is 4.51. The minimum atomic E-state index is -0.533. The van der Waals surface area contributed by atoms with Crippen molar-refractivity contribution in [3.63, 3.8) is 0 Å². The summed E-state index contributed by atoms with van der Waals surface area (Å²) in [5, 5.41) is 10.7. The Balaban J connectivity index is 2.31. The smallest absolute Gasteiger partial charge is 0.331 e. The number of nitro groups is 1. The number of nitrogens with zero attached hydrogens (tertiary/aromatic N) is 2. The summed E-state index contributed by atoms with van der Waals surface area (Å²) in [5.74, 6) is 0.441. The summed E-state index contributed by atoms with van der Waals surface area (Å²) in [6, 6.07) is 12.3. The number of rotatable bonds is 3. The van der Waals surface area contributed by atoms with Crippen LogP contribution in [0.4, 0.5) is 5.69 Å². The number of pyridine rings is 1. The summed E-state index contributed by atoms with van der Waals surface area (Å²) >= 11 is 0. The Morgan fingerprint density at radius 1 is 1.38 bits per heavy atom.